The molecule has 0 aromatic carbocycles. The molecule has 1 aromatic heterocycles. The van der Waals surface area contributed by atoms with Gasteiger partial charge in [0.25, 0.3) is 5.91 Å². The first-order valence-electron chi connectivity index (χ1n) is 6.71. The Morgan fingerprint density at radius 1 is 1.58 bits per heavy atom. The molecule has 1 N–H and O–H groups in total. The van der Waals surface area contributed by atoms with Gasteiger partial charge in [0, 0.05) is 32.9 Å². The van der Waals surface area contributed by atoms with E-state index in [1.807, 2.05) is 19.0 Å². The molecule has 1 saturated heterocycles. The molecule has 104 valence electrons. The molecule has 2 heterocycles. The van der Waals surface area contributed by atoms with Crippen molar-refractivity contribution in [3.05, 3.63) is 24.0 Å². The number of amides is 1. The quantitative estimate of drug-likeness (QED) is 0.891. The topological polar surface area (TPSA) is 48.5 Å². The highest BCUT2D eigenvalue weighted by atomic mass is 16.2. The number of nitrogens with one attached hydrogen (secondary N) is 1. The van der Waals surface area contributed by atoms with E-state index in [9.17, 15) is 4.79 Å². The average molecular weight is 262 g/mol. The summed E-state index contributed by atoms with van der Waals surface area (Å²) in [6.45, 7) is 2.07. The Labute approximate surface area is 114 Å². The minimum atomic E-state index is 0.0621. The monoisotopic (exact) mass is 262 g/mol. The van der Waals surface area contributed by atoms with Gasteiger partial charge in [-0.25, -0.2) is 0 Å². The summed E-state index contributed by atoms with van der Waals surface area (Å²) in [7, 11) is 5.81. The highest BCUT2D eigenvalue weighted by Crippen LogP contribution is 2.19. The van der Waals surface area contributed by atoms with Crippen LogP contribution in [-0.2, 0) is 0 Å². The summed E-state index contributed by atoms with van der Waals surface area (Å²) in [6, 6.07) is 2.07. The van der Waals surface area contributed by atoms with E-state index < -0.39 is 0 Å². The smallest absolute Gasteiger partial charge is 0.256 e. The molecule has 1 atom stereocenters. The first-order chi connectivity index (χ1) is 9.13. The molecule has 1 aromatic rings. The van der Waals surface area contributed by atoms with Crippen molar-refractivity contribution in [2.75, 3.05) is 39.5 Å². The molecule has 2 rings (SSSR count). The lowest BCUT2D eigenvalue weighted by molar-refractivity contribution is 0.0645. The maximum absolute atomic E-state index is 12.6. The molecule has 0 spiro atoms. The summed E-state index contributed by atoms with van der Waals surface area (Å²) in [6.07, 6.45) is 5.57. The summed E-state index contributed by atoms with van der Waals surface area (Å²) in [4.78, 5) is 20.8. The van der Waals surface area contributed by atoms with Crippen molar-refractivity contribution in [2.24, 2.45) is 0 Å². The minimum Gasteiger partial charge on any atom is -0.386 e. The summed E-state index contributed by atoms with van der Waals surface area (Å²) >= 11 is 0. The Morgan fingerprint density at radius 3 is 3.05 bits per heavy atom. The molecule has 0 bridgehead atoms. The van der Waals surface area contributed by atoms with Crippen LogP contribution in [0.2, 0.25) is 0 Å². The molecule has 5 nitrogen and oxygen atoms in total. The summed E-state index contributed by atoms with van der Waals surface area (Å²) < 4.78 is 0. The number of piperidine rings is 1. The van der Waals surface area contributed by atoms with Crippen molar-refractivity contribution in [3.63, 3.8) is 0 Å². The van der Waals surface area contributed by atoms with Gasteiger partial charge in [-0.1, -0.05) is 0 Å². The van der Waals surface area contributed by atoms with Crippen LogP contribution in [-0.4, -0.2) is 61.0 Å². The number of carbonyl (C=O) groups excluding carboxylic acids is 1. The van der Waals surface area contributed by atoms with Crippen LogP contribution in [0.25, 0.3) is 0 Å². The van der Waals surface area contributed by atoms with Crippen molar-refractivity contribution in [2.45, 2.75) is 18.9 Å². The first kappa shape index (κ1) is 13.8. The van der Waals surface area contributed by atoms with E-state index in [2.05, 4.69) is 22.2 Å². The number of likely N-dealkylation sites (tertiary alicyclic amines) is 1. The number of aromatic nitrogens is 1. The lowest BCUT2D eigenvalue weighted by Crippen LogP contribution is -2.47. The molecule has 1 aliphatic heterocycles. The van der Waals surface area contributed by atoms with Crippen LogP contribution in [0.3, 0.4) is 0 Å². The molecule has 0 aliphatic carbocycles. The average Bonchev–Trinajstić information content (AvgIpc) is 2.45. The van der Waals surface area contributed by atoms with Gasteiger partial charge in [0.15, 0.2) is 0 Å². The number of pyridine rings is 1. The largest absolute Gasteiger partial charge is 0.386 e. The van der Waals surface area contributed by atoms with Gasteiger partial charge in [-0.15, -0.1) is 0 Å². The number of nitrogens with zero attached hydrogens (tertiary/aromatic N) is 3. The minimum absolute atomic E-state index is 0.0621. The number of hydrogen-bond acceptors (Lipinski definition) is 4. The van der Waals surface area contributed by atoms with Crippen molar-refractivity contribution < 1.29 is 4.79 Å². The molecule has 1 unspecified atom stereocenters. The lowest BCUT2D eigenvalue weighted by Gasteiger charge is -2.36. The van der Waals surface area contributed by atoms with Crippen molar-refractivity contribution in [1.82, 2.24) is 14.8 Å². The summed E-state index contributed by atoms with van der Waals surface area (Å²) in [5, 5.41) is 3.02. The standard InChI is InChI=1S/C14H22N4O/c1-15-13-9-16-7-6-12(13)14(19)18(3)11-5-4-8-17(2)10-11/h6-7,9,11,15H,4-5,8,10H2,1-3H3. The normalized spacial score (nSPS) is 20.1. The van der Waals surface area contributed by atoms with Gasteiger partial charge in [-0.2, -0.15) is 0 Å². The Bertz CT molecular complexity index is 449. The van der Waals surface area contributed by atoms with Crippen LogP contribution in [0.4, 0.5) is 5.69 Å². The van der Waals surface area contributed by atoms with Crippen LogP contribution in [0.15, 0.2) is 18.5 Å². The third-order valence-corrected chi connectivity index (χ3v) is 3.79. The maximum atomic E-state index is 12.6. The molecule has 5 heteroatoms. The third kappa shape index (κ3) is 3.04. The van der Waals surface area contributed by atoms with Gasteiger partial charge in [-0.3, -0.25) is 9.78 Å². The zero-order valence-corrected chi connectivity index (χ0v) is 11.9. The van der Waals surface area contributed by atoms with Gasteiger partial charge in [0.1, 0.15) is 0 Å². The summed E-state index contributed by atoms with van der Waals surface area (Å²) in [5.41, 5.74) is 1.47. The molecule has 1 fully saturated rings. The molecular formula is C14H22N4O. The first-order valence-corrected chi connectivity index (χ1v) is 6.71. The van der Waals surface area contributed by atoms with E-state index in [-0.39, 0.29) is 5.91 Å². The molecular weight excluding hydrogens is 240 g/mol. The maximum Gasteiger partial charge on any atom is 0.256 e. The highest BCUT2D eigenvalue weighted by molar-refractivity contribution is 5.99. The molecule has 19 heavy (non-hydrogen) atoms. The molecule has 1 aliphatic rings. The van der Waals surface area contributed by atoms with Gasteiger partial charge in [0.05, 0.1) is 17.4 Å². The van der Waals surface area contributed by atoms with Crippen LogP contribution in [0.1, 0.15) is 23.2 Å². The molecule has 0 saturated carbocycles. The Balaban J connectivity index is 2.14. The van der Waals surface area contributed by atoms with Crippen LogP contribution < -0.4 is 5.32 Å². The lowest BCUT2D eigenvalue weighted by atomic mass is 10.0. The van der Waals surface area contributed by atoms with E-state index >= 15 is 0 Å². The second kappa shape index (κ2) is 6.02. The fraction of sp³-hybridized carbons (Fsp3) is 0.571. The van der Waals surface area contributed by atoms with Gasteiger partial charge in [0.2, 0.25) is 0 Å². The SMILES string of the molecule is CNc1cnccc1C(=O)N(C)C1CCCN(C)C1. The Kier molecular flexibility index (Phi) is 4.37. The van der Waals surface area contributed by atoms with E-state index in [0.29, 0.717) is 11.6 Å². The molecule has 1 amide bonds. The number of rotatable bonds is 3. The van der Waals surface area contributed by atoms with Gasteiger partial charge >= 0.3 is 0 Å². The number of anilines is 1. The number of likely N-dealkylation sites (N-methyl/N-ethyl adjacent to an activating group) is 2. The van der Waals surface area contributed by atoms with Crippen LogP contribution in [0, 0.1) is 0 Å². The van der Waals surface area contributed by atoms with Crippen LogP contribution >= 0.6 is 0 Å². The van der Waals surface area contributed by atoms with Crippen molar-refractivity contribution in [3.8, 4) is 0 Å². The fourth-order valence-corrected chi connectivity index (χ4v) is 2.59. The third-order valence-electron chi connectivity index (χ3n) is 3.79. The number of carbonyl (C=O) groups is 1. The van der Waals surface area contributed by atoms with Crippen LogP contribution in [0.5, 0.6) is 0 Å². The second-order valence-corrected chi connectivity index (χ2v) is 5.15. The van der Waals surface area contributed by atoms with E-state index in [1.54, 1.807) is 18.5 Å². The fourth-order valence-electron chi connectivity index (χ4n) is 2.59. The highest BCUT2D eigenvalue weighted by Gasteiger charge is 2.26. The number of hydrogen-bond donors (Lipinski definition) is 1. The Morgan fingerprint density at radius 2 is 2.37 bits per heavy atom. The van der Waals surface area contributed by atoms with Crippen molar-refractivity contribution in [1.29, 1.82) is 0 Å². The Hall–Kier alpha value is -1.62. The van der Waals surface area contributed by atoms with Crippen molar-refractivity contribution >= 4 is 11.6 Å². The predicted octanol–water partition coefficient (Wildman–Crippen LogP) is 1.29. The van der Waals surface area contributed by atoms with Gasteiger partial charge < -0.3 is 15.1 Å². The van der Waals surface area contributed by atoms with E-state index in [4.69, 9.17) is 0 Å². The van der Waals surface area contributed by atoms with E-state index in [0.717, 1.165) is 31.6 Å². The predicted molar refractivity (Wildman–Crippen MR) is 76.4 cm³/mol. The second-order valence-electron chi connectivity index (χ2n) is 5.15. The van der Waals surface area contributed by atoms with Gasteiger partial charge in [-0.05, 0) is 32.5 Å². The van der Waals surface area contributed by atoms with E-state index in [1.165, 1.54) is 0 Å². The molecule has 0 radical (unpaired) electrons. The zero-order chi connectivity index (χ0) is 13.8. The zero-order valence-electron chi connectivity index (χ0n) is 11.9. The summed E-state index contributed by atoms with van der Waals surface area (Å²) in [5.74, 6) is 0.0621.